The minimum Gasteiger partial charge on any atom is -0.350 e. The molecule has 0 spiro atoms. The number of hydrogen-bond acceptors (Lipinski definition) is 1. The molecular weight excluding hydrogens is 427 g/mol. The highest BCUT2D eigenvalue weighted by atomic mass is 35.5. The highest BCUT2D eigenvalue weighted by Crippen LogP contribution is 2.47. The lowest BCUT2D eigenvalue weighted by molar-refractivity contribution is -0.118. The molecule has 0 fully saturated rings. The molecule has 3 aromatic carbocycles. The lowest BCUT2D eigenvalue weighted by atomic mass is 9.94. The van der Waals surface area contributed by atoms with Gasteiger partial charge in [-0.3, -0.25) is 9.69 Å². The molecule has 1 aromatic heterocycles. The van der Waals surface area contributed by atoms with Crippen LogP contribution in [-0.4, -0.2) is 10.5 Å². The summed E-state index contributed by atoms with van der Waals surface area (Å²) in [5, 5.41) is 0.927. The summed E-state index contributed by atoms with van der Waals surface area (Å²) < 4.78 is 2.15. The Labute approximate surface area is 191 Å². The number of carbonyl (C=O) groups is 1. The molecule has 5 heteroatoms. The maximum absolute atomic E-state index is 13.6. The van der Waals surface area contributed by atoms with E-state index in [-0.39, 0.29) is 11.8 Å². The van der Waals surface area contributed by atoms with Crippen LogP contribution in [0.3, 0.4) is 0 Å². The molecule has 1 aliphatic rings. The molecule has 0 radical (unpaired) electrons. The highest BCUT2D eigenvalue weighted by molar-refractivity contribution is 6.40. The molecule has 1 aliphatic heterocycles. The summed E-state index contributed by atoms with van der Waals surface area (Å²) in [5.41, 5.74) is 4.76. The molecule has 154 valence electrons. The first-order valence-electron chi connectivity index (χ1n) is 10.2. The molecule has 2 heterocycles. The molecule has 0 saturated carbocycles. The fourth-order valence-corrected chi connectivity index (χ4v) is 4.83. The molecular formula is C26H20Cl2N2O. The number of hydrogen-bond donors (Lipinski definition) is 0. The predicted octanol–water partition coefficient (Wildman–Crippen LogP) is 6.85. The van der Waals surface area contributed by atoms with Gasteiger partial charge in [0.2, 0.25) is 5.91 Å². The number of rotatable bonds is 5. The first-order valence-corrected chi connectivity index (χ1v) is 10.9. The molecule has 1 amide bonds. The van der Waals surface area contributed by atoms with Crippen molar-refractivity contribution in [3.05, 3.63) is 118 Å². The quantitative estimate of drug-likeness (QED) is 0.329. The second-order valence-corrected chi connectivity index (χ2v) is 8.55. The van der Waals surface area contributed by atoms with Crippen molar-refractivity contribution in [2.24, 2.45) is 0 Å². The van der Waals surface area contributed by atoms with Crippen molar-refractivity contribution in [3.63, 3.8) is 0 Å². The molecule has 5 rings (SSSR count). The summed E-state index contributed by atoms with van der Waals surface area (Å²) in [6, 6.07) is 25.6. The monoisotopic (exact) mass is 446 g/mol. The molecule has 0 saturated heterocycles. The van der Waals surface area contributed by atoms with Crippen LogP contribution in [0, 0.1) is 0 Å². The zero-order chi connectivity index (χ0) is 21.4. The molecule has 3 nitrogen and oxygen atoms in total. The van der Waals surface area contributed by atoms with E-state index in [9.17, 15) is 4.79 Å². The zero-order valence-electron chi connectivity index (χ0n) is 16.7. The van der Waals surface area contributed by atoms with E-state index in [0.717, 1.165) is 23.4 Å². The fraction of sp³-hybridized carbons (Fsp3) is 0.115. The average Bonchev–Trinajstić information content (AvgIpc) is 3.32. The SMILES string of the molecule is O=C1C(Cc2ccn(Cc3ccccc3)c2)c2ccccc2N1c1c(Cl)cccc1Cl. The first kappa shape index (κ1) is 19.9. The molecule has 4 aromatic rings. The Morgan fingerprint density at radius 1 is 0.774 bits per heavy atom. The van der Waals surface area contributed by atoms with E-state index < -0.39 is 0 Å². The van der Waals surface area contributed by atoms with Crippen molar-refractivity contribution in [2.45, 2.75) is 18.9 Å². The summed E-state index contributed by atoms with van der Waals surface area (Å²) in [4.78, 5) is 15.2. The number of anilines is 2. The van der Waals surface area contributed by atoms with Gasteiger partial charge in [0.05, 0.1) is 27.3 Å². The van der Waals surface area contributed by atoms with Gasteiger partial charge in [-0.15, -0.1) is 0 Å². The van der Waals surface area contributed by atoms with E-state index in [1.165, 1.54) is 5.56 Å². The minimum atomic E-state index is -0.281. The summed E-state index contributed by atoms with van der Waals surface area (Å²) in [6.45, 7) is 0.803. The molecule has 0 aliphatic carbocycles. The lowest BCUT2D eigenvalue weighted by Crippen LogP contribution is -2.25. The highest BCUT2D eigenvalue weighted by Gasteiger charge is 2.39. The van der Waals surface area contributed by atoms with Crippen LogP contribution >= 0.6 is 23.2 Å². The van der Waals surface area contributed by atoms with Gasteiger partial charge in [-0.1, -0.05) is 77.8 Å². The molecule has 31 heavy (non-hydrogen) atoms. The van der Waals surface area contributed by atoms with Gasteiger partial charge in [-0.25, -0.2) is 0 Å². The number of nitrogens with zero attached hydrogens (tertiary/aromatic N) is 2. The van der Waals surface area contributed by atoms with E-state index in [0.29, 0.717) is 22.2 Å². The molecule has 1 unspecified atom stereocenters. The van der Waals surface area contributed by atoms with Crippen LogP contribution in [0.4, 0.5) is 11.4 Å². The number of carbonyl (C=O) groups excluding carboxylic acids is 1. The van der Waals surface area contributed by atoms with Gasteiger partial charge in [0.15, 0.2) is 0 Å². The van der Waals surface area contributed by atoms with E-state index in [4.69, 9.17) is 23.2 Å². The summed E-state index contributed by atoms with van der Waals surface area (Å²) in [5.74, 6) is -0.289. The van der Waals surface area contributed by atoms with Gasteiger partial charge < -0.3 is 4.57 Å². The van der Waals surface area contributed by atoms with Gasteiger partial charge in [-0.2, -0.15) is 0 Å². The van der Waals surface area contributed by atoms with Crippen molar-refractivity contribution in [3.8, 4) is 0 Å². The van der Waals surface area contributed by atoms with Crippen LogP contribution in [0.25, 0.3) is 0 Å². The molecule has 0 N–H and O–H groups in total. The normalized spacial score (nSPS) is 15.4. The van der Waals surface area contributed by atoms with Gasteiger partial charge in [0.25, 0.3) is 0 Å². The number of amides is 1. The van der Waals surface area contributed by atoms with Gasteiger partial charge in [0.1, 0.15) is 0 Å². The van der Waals surface area contributed by atoms with Crippen molar-refractivity contribution in [1.29, 1.82) is 0 Å². The number of para-hydroxylation sites is 2. The van der Waals surface area contributed by atoms with E-state index in [2.05, 4.69) is 35.2 Å². The first-order chi connectivity index (χ1) is 15.1. The Hall–Kier alpha value is -3.01. The summed E-state index contributed by atoms with van der Waals surface area (Å²) >= 11 is 12.9. The van der Waals surface area contributed by atoms with Crippen molar-refractivity contribution in [2.75, 3.05) is 4.90 Å². The van der Waals surface area contributed by atoms with Crippen LogP contribution in [0.15, 0.2) is 91.3 Å². The average molecular weight is 447 g/mol. The molecule has 1 atom stereocenters. The fourth-order valence-electron chi connectivity index (χ4n) is 4.26. The van der Waals surface area contributed by atoms with Crippen molar-refractivity contribution < 1.29 is 4.79 Å². The van der Waals surface area contributed by atoms with Crippen LogP contribution in [0.2, 0.25) is 10.0 Å². The Morgan fingerprint density at radius 3 is 2.26 bits per heavy atom. The van der Waals surface area contributed by atoms with Crippen LogP contribution in [0.1, 0.15) is 22.6 Å². The third-order valence-corrected chi connectivity index (χ3v) is 6.30. The summed E-state index contributed by atoms with van der Waals surface area (Å²) in [6.07, 6.45) is 4.81. The van der Waals surface area contributed by atoms with Gasteiger partial charge >= 0.3 is 0 Å². The Kier molecular flexibility index (Phi) is 5.31. The second kappa shape index (κ2) is 8.26. The maximum atomic E-state index is 13.6. The maximum Gasteiger partial charge on any atom is 0.239 e. The van der Waals surface area contributed by atoms with Gasteiger partial charge in [-0.05, 0) is 47.4 Å². The third-order valence-electron chi connectivity index (χ3n) is 5.69. The van der Waals surface area contributed by atoms with E-state index in [1.807, 2.05) is 42.5 Å². The predicted molar refractivity (Wildman–Crippen MR) is 126 cm³/mol. The third kappa shape index (κ3) is 3.76. The van der Waals surface area contributed by atoms with Crippen molar-refractivity contribution in [1.82, 2.24) is 4.57 Å². The zero-order valence-corrected chi connectivity index (χ0v) is 18.2. The Morgan fingerprint density at radius 2 is 1.48 bits per heavy atom. The minimum absolute atomic E-state index is 0.00740. The Balaban J connectivity index is 1.45. The summed E-state index contributed by atoms with van der Waals surface area (Å²) in [7, 11) is 0. The van der Waals surface area contributed by atoms with Crippen molar-refractivity contribution >= 4 is 40.5 Å². The van der Waals surface area contributed by atoms with Gasteiger partial charge in [0, 0.05) is 18.9 Å². The number of fused-ring (bicyclic) bond motifs is 1. The number of benzene rings is 3. The number of halogens is 2. The number of aromatic nitrogens is 1. The second-order valence-electron chi connectivity index (χ2n) is 7.74. The largest absolute Gasteiger partial charge is 0.350 e. The van der Waals surface area contributed by atoms with E-state index >= 15 is 0 Å². The Bertz CT molecular complexity index is 1230. The van der Waals surface area contributed by atoms with Crippen LogP contribution < -0.4 is 4.90 Å². The smallest absolute Gasteiger partial charge is 0.239 e. The molecule has 0 bridgehead atoms. The topological polar surface area (TPSA) is 25.2 Å². The lowest BCUT2D eigenvalue weighted by Gasteiger charge is -2.21. The van der Waals surface area contributed by atoms with E-state index in [1.54, 1.807) is 23.1 Å². The van der Waals surface area contributed by atoms with Crippen LogP contribution in [-0.2, 0) is 17.8 Å². The standard InChI is InChI=1S/C26H20Cl2N2O/c27-22-10-6-11-23(28)25(22)30-24-12-5-4-9-20(24)21(26(30)31)15-19-13-14-29(17-19)16-18-7-2-1-3-8-18/h1-14,17,21H,15-16H2. The van der Waals surface area contributed by atoms with Crippen LogP contribution in [0.5, 0.6) is 0 Å².